The number of anilines is 3. The molecule has 126 valence electrons. The van der Waals surface area contributed by atoms with Crippen LogP contribution in [0.1, 0.15) is 10.5 Å². The van der Waals surface area contributed by atoms with Crippen LogP contribution in [0.4, 0.5) is 17.3 Å². The molecular formula is C17H11Cl3N4O. The van der Waals surface area contributed by atoms with Gasteiger partial charge in [0.2, 0.25) is 5.95 Å². The molecule has 2 N–H and O–H groups in total. The molecule has 0 spiro atoms. The van der Waals surface area contributed by atoms with E-state index in [2.05, 4.69) is 20.6 Å². The molecule has 5 nitrogen and oxygen atoms in total. The van der Waals surface area contributed by atoms with Gasteiger partial charge in [0.25, 0.3) is 5.91 Å². The van der Waals surface area contributed by atoms with Crippen LogP contribution in [0.15, 0.2) is 54.7 Å². The summed E-state index contributed by atoms with van der Waals surface area (Å²) in [5.74, 6) is -0.217. The fourth-order valence-corrected chi connectivity index (χ4v) is 2.70. The predicted molar refractivity (Wildman–Crippen MR) is 101 cm³/mol. The number of carbonyl (C=O) groups is 1. The lowest BCUT2D eigenvalue weighted by atomic mass is 10.3. The van der Waals surface area contributed by atoms with E-state index in [0.29, 0.717) is 26.4 Å². The maximum atomic E-state index is 12.4. The van der Waals surface area contributed by atoms with Gasteiger partial charge in [0.1, 0.15) is 5.69 Å². The average Bonchev–Trinajstić information content (AvgIpc) is 2.60. The molecule has 0 aliphatic rings. The molecule has 0 atom stereocenters. The first kappa shape index (κ1) is 17.5. The van der Waals surface area contributed by atoms with Crippen molar-refractivity contribution < 1.29 is 4.79 Å². The van der Waals surface area contributed by atoms with Gasteiger partial charge in [0, 0.05) is 6.20 Å². The zero-order valence-corrected chi connectivity index (χ0v) is 14.9. The summed E-state index contributed by atoms with van der Waals surface area (Å²) in [7, 11) is 0. The Balaban J connectivity index is 1.82. The van der Waals surface area contributed by atoms with Crippen molar-refractivity contribution in [2.75, 3.05) is 10.6 Å². The summed E-state index contributed by atoms with van der Waals surface area (Å²) in [6.07, 6.45) is 1.46. The Morgan fingerprint density at radius 3 is 2.28 bits per heavy atom. The highest BCUT2D eigenvalue weighted by Crippen LogP contribution is 2.31. The first-order chi connectivity index (χ1) is 12.0. The van der Waals surface area contributed by atoms with Crippen LogP contribution >= 0.6 is 34.8 Å². The highest BCUT2D eigenvalue weighted by molar-refractivity contribution is 6.39. The third-order valence-electron chi connectivity index (χ3n) is 3.21. The average molecular weight is 394 g/mol. The second kappa shape index (κ2) is 7.70. The van der Waals surface area contributed by atoms with Crippen LogP contribution in [0.5, 0.6) is 0 Å². The lowest BCUT2D eigenvalue weighted by Gasteiger charge is -2.10. The van der Waals surface area contributed by atoms with Crippen molar-refractivity contribution in [1.29, 1.82) is 0 Å². The number of hydrogen-bond donors (Lipinski definition) is 2. The number of nitrogens with zero attached hydrogens (tertiary/aromatic N) is 2. The lowest BCUT2D eigenvalue weighted by molar-refractivity contribution is 0.102. The van der Waals surface area contributed by atoms with Crippen LogP contribution < -0.4 is 10.6 Å². The summed E-state index contributed by atoms with van der Waals surface area (Å²) >= 11 is 18.3. The van der Waals surface area contributed by atoms with Gasteiger partial charge in [-0.3, -0.25) is 4.79 Å². The SMILES string of the molecule is O=C(Nc1ccccc1Cl)c1ccnc(Nc2c(Cl)cccc2Cl)n1. The van der Waals surface area contributed by atoms with Crippen LogP contribution in [0, 0.1) is 0 Å². The lowest BCUT2D eigenvalue weighted by Crippen LogP contribution is -2.15. The topological polar surface area (TPSA) is 66.9 Å². The van der Waals surface area contributed by atoms with Crippen molar-refractivity contribution in [2.45, 2.75) is 0 Å². The fourth-order valence-electron chi connectivity index (χ4n) is 2.02. The number of para-hydroxylation sites is 2. The van der Waals surface area contributed by atoms with Gasteiger partial charge in [-0.25, -0.2) is 9.97 Å². The summed E-state index contributed by atoms with van der Waals surface area (Å²) < 4.78 is 0. The van der Waals surface area contributed by atoms with Gasteiger partial charge in [-0.1, -0.05) is 53.0 Å². The summed E-state index contributed by atoms with van der Waals surface area (Å²) in [6.45, 7) is 0. The zero-order chi connectivity index (χ0) is 17.8. The number of hydrogen-bond acceptors (Lipinski definition) is 4. The van der Waals surface area contributed by atoms with E-state index in [4.69, 9.17) is 34.8 Å². The first-order valence-corrected chi connectivity index (χ1v) is 8.28. The second-order valence-corrected chi connectivity index (χ2v) is 6.14. The molecule has 1 heterocycles. The predicted octanol–water partition coefficient (Wildman–Crippen LogP) is 5.43. The molecule has 0 bridgehead atoms. The standard InChI is InChI=1S/C17H11Cl3N4O/c18-10-4-1-2-7-13(10)22-16(25)14-8-9-21-17(23-14)24-15-11(19)5-3-6-12(15)20/h1-9H,(H,22,25)(H,21,23,24). The minimum atomic E-state index is -0.413. The van der Waals surface area contributed by atoms with Gasteiger partial charge in [-0.05, 0) is 30.3 Å². The highest BCUT2D eigenvalue weighted by Gasteiger charge is 2.12. The summed E-state index contributed by atoms with van der Waals surface area (Å²) in [5.41, 5.74) is 1.13. The molecular weight excluding hydrogens is 383 g/mol. The van der Waals surface area contributed by atoms with Crippen LogP contribution in [-0.2, 0) is 0 Å². The summed E-state index contributed by atoms with van der Waals surface area (Å²) in [4.78, 5) is 20.6. The molecule has 0 saturated carbocycles. The molecule has 0 fully saturated rings. The minimum Gasteiger partial charge on any atom is -0.322 e. The number of nitrogens with one attached hydrogen (secondary N) is 2. The third-order valence-corrected chi connectivity index (χ3v) is 4.17. The minimum absolute atomic E-state index is 0.167. The van der Waals surface area contributed by atoms with Gasteiger partial charge in [-0.15, -0.1) is 0 Å². The normalized spacial score (nSPS) is 10.4. The number of aromatic nitrogens is 2. The smallest absolute Gasteiger partial charge is 0.274 e. The second-order valence-electron chi connectivity index (χ2n) is 4.92. The van der Waals surface area contributed by atoms with Crippen molar-refractivity contribution in [3.8, 4) is 0 Å². The van der Waals surface area contributed by atoms with E-state index in [0.717, 1.165) is 0 Å². The Morgan fingerprint density at radius 2 is 1.56 bits per heavy atom. The Bertz CT molecular complexity index is 913. The molecule has 25 heavy (non-hydrogen) atoms. The number of amides is 1. The largest absolute Gasteiger partial charge is 0.322 e. The Morgan fingerprint density at radius 1 is 0.880 bits per heavy atom. The molecule has 2 aromatic carbocycles. The monoisotopic (exact) mass is 392 g/mol. The number of rotatable bonds is 4. The van der Waals surface area contributed by atoms with E-state index >= 15 is 0 Å². The first-order valence-electron chi connectivity index (χ1n) is 7.14. The molecule has 1 amide bonds. The van der Waals surface area contributed by atoms with Crippen molar-refractivity contribution in [2.24, 2.45) is 0 Å². The number of benzene rings is 2. The van der Waals surface area contributed by atoms with E-state index in [9.17, 15) is 4.79 Å². The molecule has 1 aromatic heterocycles. The van der Waals surface area contributed by atoms with E-state index in [1.165, 1.54) is 12.3 Å². The molecule has 8 heteroatoms. The van der Waals surface area contributed by atoms with Crippen molar-refractivity contribution in [1.82, 2.24) is 9.97 Å². The Kier molecular flexibility index (Phi) is 5.38. The molecule has 0 aliphatic heterocycles. The summed E-state index contributed by atoms with van der Waals surface area (Å²) in [5, 5.41) is 6.89. The molecule has 0 saturated heterocycles. The maximum Gasteiger partial charge on any atom is 0.274 e. The van der Waals surface area contributed by atoms with Gasteiger partial charge < -0.3 is 10.6 Å². The highest BCUT2D eigenvalue weighted by atomic mass is 35.5. The van der Waals surface area contributed by atoms with E-state index in [1.54, 1.807) is 42.5 Å². The van der Waals surface area contributed by atoms with E-state index in [-0.39, 0.29) is 11.6 Å². The van der Waals surface area contributed by atoms with Crippen molar-refractivity contribution in [3.63, 3.8) is 0 Å². The molecule has 0 aliphatic carbocycles. The Hall–Kier alpha value is -2.34. The van der Waals surface area contributed by atoms with Crippen LogP contribution in [0.25, 0.3) is 0 Å². The van der Waals surface area contributed by atoms with Crippen molar-refractivity contribution in [3.05, 3.63) is 75.5 Å². The third kappa shape index (κ3) is 4.20. The Labute approximate surface area is 159 Å². The molecule has 0 radical (unpaired) electrons. The number of carbonyl (C=O) groups excluding carboxylic acids is 1. The van der Waals surface area contributed by atoms with Gasteiger partial charge >= 0.3 is 0 Å². The molecule has 3 aromatic rings. The molecule has 0 unspecified atom stereocenters. The van der Waals surface area contributed by atoms with Crippen LogP contribution in [-0.4, -0.2) is 15.9 Å². The van der Waals surface area contributed by atoms with Crippen LogP contribution in [0.3, 0.4) is 0 Å². The number of halogens is 3. The maximum absolute atomic E-state index is 12.4. The fraction of sp³-hybridized carbons (Fsp3) is 0. The van der Waals surface area contributed by atoms with E-state index in [1.807, 2.05) is 0 Å². The zero-order valence-electron chi connectivity index (χ0n) is 12.6. The van der Waals surface area contributed by atoms with Gasteiger partial charge in [0.05, 0.1) is 26.4 Å². The molecule has 3 rings (SSSR count). The van der Waals surface area contributed by atoms with E-state index < -0.39 is 5.91 Å². The summed E-state index contributed by atoms with van der Waals surface area (Å²) in [6, 6.07) is 13.5. The van der Waals surface area contributed by atoms with Gasteiger partial charge in [-0.2, -0.15) is 0 Å². The van der Waals surface area contributed by atoms with Crippen molar-refractivity contribution >= 4 is 58.0 Å². The van der Waals surface area contributed by atoms with Crippen LogP contribution in [0.2, 0.25) is 15.1 Å². The van der Waals surface area contributed by atoms with Gasteiger partial charge in [0.15, 0.2) is 0 Å². The quantitative estimate of drug-likeness (QED) is 0.620.